The molecule has 0 saturated carbocycles. The van der Waals surface area contributed by atoms with E-state index in [-0.39, 0.29) is 23.4 Å². The highest BCUT2D eigenvalue weighted by atomic mass is 16.5. The summed E-state index contributed by atoms with van der Waals surface area (Å²) in [6.45, 7) is 13.9. The summed E-state index contributed by atoms with van der Waals surface area (Å²) in [4.78, 5) is 38.2. The van der Waals surface area contributed by atoms with Crippen molar-refractivity contribution in [3.05, 3.63) is 35.5 Å². The summed E-state index contributed by atoms with van der Waals surface area (Å²) >= 11 is 0. The monoisotopic (exact) mass is 510 g/mol. The molecule has 1 aromatic carbocycles. The van der Waals surface area contributed by atoms with Crippen LogP contribution in [0, 0.1) is 5.41 Å². The van der Waals surface area contributed by atoms with Crippen LogP contribution in [0.1, 0.15) is 64.3 Å². The number of fused-ring (bicyclic) bond motifs is 1. The molecule has 1 fully saturated rings. The highest BCUT2D eigenvalue weighted by Crippen LogP contribution is 2.48. The van der Waals surface area contributed by atoms with Gasteiger partial charge >= 0.3 is 12.1 Å². The van der Waals surface area contributed by atoms with Crippen LogP contribution < -0.4 is 15.5 Å². The van der Waals surface area contributed by atoms with Crippen molar-refractivity contribution in [3.63, 3.8) is 0 Å². The van der Waals surface area contributed by atoms with Crippen LogP contribution in [0.15, 0.2) is 24.3 Å². The molecule has 1 aromatic heterocycles. The van der Waals surface area contributed by atoms with E-state index in [4.69, 9.17) is 14.7 Å². The number of carbonyl (C=O) groups excluding carboxylic acids is 1. The summed E-state index contributed by atoms with van der Waals surface area (Å²) in [6.07, 6.45) is -0.314. The van der Waals surface area contributed by atoms with Crippen LogP contribution in [0.25, 0.3) is 11.4 Å². The predicted octanol–water partition coefficient (Wildman–Crippen LogP) is 4.70. The van der Waals surface area contributed by atoms with Gasteiger partial charge in [-0.15, -0.1) is 0 Å². The Morgan fingerprint density at radius 2 is 1.78 bits per heavy atom. The second-order valence-corrected chi connectivity index (χ2v) is 10.6. The van der Waals surface area contributed by atoms with E-state index in [0.717, 1.165) is 22.6 Å². The normalized spacial score (nSPS) is 19.8. The fraction of sp³-hybridized carbons (Fsp3) is 0.556. The number of hydrogen-bond donors (Lipinski definition) is 3. The lowest BCUT2D eigenvalue weighted by molar-refractivity contribution is 0.0948. The Balaban J connectivity index is 1.85. The van der Waals surface area contributed by atoms with Gasteiger partial charge in [-0.25, -0.2) is 19.6 Å². The van der Waals surface area contributed by atoms with Gasteiger partial charge in [0.1, 0.15) is 5.82 Å². The van der Waals surface area contributed by atoms with Gasteiger partial charge in [0.15, 0.2) is 5.82 Å². The minimum Gasteiger partial charge on any atom is -0.465 e. The molecule has 1 unspecified atom stereocenters. The van der Waals surface area contributed by atoms with Crippen molar-refractivity contribution in [3.8, 4) is 11.4 Å². The minimum absolute atomic E-state index is 0.0584. The molecule has 0 aliphatic carbocycles. The number of anilines is 2. The molecule has 0 bridgehead atoms. The second-order valence-electron chi connectivity index (χ2n) is 10.6. The molecular formula is C27H38N6O4. The molecule has 2 aliphatic rings. The van der Waals surface area contributed by atoms with E-state index in [9.17, 15) is 14.7 Å². The van der Waals surface area contributed by atoms with Crippen molar-refractivity contribution in [2.45, 2.75) is 53.0 Å². The summed E-state index contributed by atoms with van der Waals surface area (Å²) < 4.78 is 5.62. The van der Waals surface area contributed by atoms with Crippen LogP contribution in [0.3, 0.4) is 0 Å². The number of hydrogen-bond acceptors (Lipinski definition) is 6. The summed E-state index contributed by atoms with van der Waals surface area (Å²) in [5.41, 5.74) is 3.11. The summed E-state index contributed by atoms with van der Waals surface area (Å²) in [6, 6.07) is 6.79. The number of aromatic nitrogens is 2. The fourth-order valence-corrected chi connectivity index (χ4v) is 5.14. The average Bonchev–Trinajstić information content (AvgIpc) is 2.87. The van der Waals surface area contributed by atoms with Gasteiger partial charge < -0.3 is 25.4 Å². The third-order valence-electron chi connectivity index (χ3n) is 7.10. The first-order valence-corrected chi connectivity index (χ1v) is 13.0. The molecule has 10 nitrogen and oxygen atoms in total. The molecule has 3 heterocycles. The SMILES string of the molecule is CCNC(=O)Nc1ccc(-c2nc3c(c(N4CCOCC4)n2)[C@@H](C(C)(C)C)CN(C(=O)O)C3CC)cc1. The molecule has 2 atom stereocenters. The second kappa shape index (κ2) is 10.9. The molecule has 4 rings (SSSR count). The first-order valence-electron chi connectivity index (χ1n) is 13.0. The number of morpholine rings is 1. The highest BCUT2D eigenvalue weighted by Gasteiger charge is 2.44. The molecule has 37 heavy (non-hydrogen) atoms. The standard InChI is InChI=1S/C27H38N6O4/c1-6-20-22-21(19(27(3,4)5)16-33(20)26(35)36)24(32-12-14-37-15-13-32)31-23(30-22)17-8-10-18(11-9-17)29-25(34)28-7-2/h8-11,19-20H,6-7,12-16H2,1-5H3,(H,35,36)(H2,28,29,34)/t19-,20?/m0/s1. The molecule has 0 radical (unpaired) electrons. The van der Waals surface area contributed by atoms with Gasteiger partial charge in [-0.1, -0.05) is 27.7 Å². The van der Waals surface area contributed by atoms with Gasteiger partial charge in [0.25, 0.3) is 0 Å². The Kier molecular flexibility index (Phi) is 7.87. The molecule has 2 aliphatic heterocycles. The van der Waals surface area contributed by atoms with E-state index < -0.39 is 6.09 Å². The van der Waals surface area contributed by atoms with Crippen LogP contribution in [0.2, 0.25) is 0 Å². The van der Waals surface area contributed by atoms with Crippen molar-refractivity contribution in [1.82, 2.24) is 20.2 Å². The van der Waals surface area contributed by atoms with Gasteiger partial charge in [-0.3, -0.25) is 4.90 Å². The van der Waals surface area contributed by atoms with Gasteiger partial charge in [0.2, 0.25) is 0 Å². The largest absolute Gasteiger partial charge is 0.465 e. The molecular weight excluding hydrogens is 472 g/mol. The molecule has 3 N–H and O–H groups in total. The zero-order chi connectivity index (χ0) is 26.7. The van der Waals surface area contributed by atoms with E-state index in [2.05, 4.69) is 36.3 Å². The van der Waals surface area contributed by atoms with Crippen molar-refractivity contribution >= 4 is 23.6 Å². The Morgan fingerprint density at radius 1 is 1.11 bits per heavy atom. The third kappa shape index (κ3) is 5.64. The summed E-state index contributed by atoms with van der Waals surface area (Å²) in [5, 5.41) is 15.6. The van der Waals surface area contributed by atoms with E-state index in [0.29, 0.717) is 57.3 Å². The maximum atomic E-state index is 12.3. The van der Waals surface area contributed by atoms with Crippen molar-refractivity contribution in [2.75, 3.05) is 49.6 Å². The molecule has 2 aromatic rings. The summed E-state index contributed by atoms with van der Waals surface area (Å²) in [5.74, 6) is 1.36. The lowest BCUT2D eigenvalue weighted by Crippen LogP contribution is -2.46. The zero-order valence-electron chi connectivity index (χ0n) is 22.4. The van der Waals surface area contributed by atoms with Crippen molar-refractivity contribution < 1.29 is 19.4 Å². The summed E-state index contributed by atoms with van der Waals surface area (Å²) in [7, 11) is 0. The van der Waals surface area contributed by atoms with Gasteiger partial charge in [-0.2, -0.15) is 0 Å². The molecule has 1 saturated heterocycles. The number of urea groups is 1. The topological polar surface area (TPSA) is 120 Å². The zero-order valence-corrected chi connectivity index (χ0v) is 22.4. The first kappa shape index (κ1) is 26.7. The third-order valence-corrected chi connectivity index (χ3v) is 7.10. The lowest BCUT2D eigenvalue weighted by atomic mass is 9.72. The van der Waals surface area contributed by atoms with E-state index in [1.54, 1.807) is 0 Å². The maximum Gasteiger partial charge on any atom is 0.407 e. The van der Waals surface area contributed by atoms with E-state index in [1.165, 1.54) is 4.90 Å². The number of nitrogens with zero attached hydrogens (tertiary/aromatic N) is 4. The smallest absolute Gasteiger partial charge is 0.407 e. The number of carbonyl (C=O) groups is 2. The predicted molar refractivity (Wildman–Crippen MR) is 143 cm³/mol. The Morgan fingerprint density at radius 3 is 2.35 bits per heavy atom. The first-order chi connectivity index (χ1) is 17.6. The highest BCUT2D eigenvalue weighted by molar-refractivity contribution is 5.89. The number of carboxylic acid groups (broad SMARTS) is 1. The lowest BCUT2D eigenvalue weighted by Gasteiger charge is -2.45. The van der Waals surface area contributed by atoms with Crippen molar-refractivity contribution in [2.24, 2.45) is 5.41 Å². The van der Waals surface area contributed by atoms with E-state index in [1.807, 2.05) is 38.1 Å². The van der Waals surface area contributed by atoms with Gasteiger partial charge in [-0.05, 0) is 43.0 Å². The van der Waals surface area contributed by atoms with Crippen LogP contribution >= 0.6 is 0 Å². The molecule has 0 spiro atoms. The Labute approximate surface area is 218 Å². The maximum absolute atomic E-state index is 12.3. The Bertz CT molecular complexity index is 1120. The van der Waals surface area contributed by atoms with E-state index >= 15 is 0 Å². The quantitative estimate of drug-likeness (QED) is 0.533. The minimum atomic E-state index is -0.930. The molecule has 10 heteroatoms. The average molecular weight is 511 g/mol. The van der Waals surface area contributed by atoms with Crippen LogP contribution in [0.4, 0.5) is 21.1 Å². The van der Waals surface area contributed by atoms with Crippen LogP contribution in [-0.2, 0) is 4.74 Å². The van der Waals surface area contributed by atoms with Crippen molar-refractivity contribution in [1.29, 1.82) is 0 Å². The number of ether oxygens (including phenoxy) is 1. The Hall–Kier alpha value is -3.40. The molecule has 200 valence electrons. The van der Waals surface area contributed by atoms with Crippen LogP contribution in [0.5, 0.6) is 0 Å². The number of rotatable bonds is 5. The number of amides is 3. The van der Waals surface area contributed by atoms with Gasteiger partial charge in [0.05, 0.1) is 24.9 Å². The van der Waals surface area contributed by atoms with Crippen LogP contribution in [-0.4, -0.2) is 71.5 Å². The van der Waals surface area contributed by atoms with Gasteiger partial charge in [0, 0.05) is 48.9 Å². The fourth-order valence-electron chi connectivity index (χ4n) is 5.14. The molecule has 3 amide bonds. The number of nitrogens with one attached hydrogen (secondary N) is 2. The number of benzene rings is 1.